The van der Waals surface area contributed by atoms with E-state index in [1.807, 2.05) is 0 Å². The van der Waals surface area contributed by atoms with E-state index >= 15 is 0 Å². The summed E-state index contributed by atoms with van der Waals surface area (Å²) in [6, 6.07) is -1.59. The molecule has 0 bridgehead atoms. The highest BCUT2D eigenvalue weighted by atomic mass is 32.2. The smallest absolute Gasteiger partial charge is 0.326 e. The average Bonchev–Trinajstić information content (AvgIpc) is 3.08. The molecule has 18 nitrogen and oxygen atoms in total. The Morgan fingerprint density at radius 1 is 0.750 bits per heavy atom. The van der Waals surface area contributed by atoms with Crippen LogP contribution in [0.15, 0.2) is 29.3 Å². The Balaban J connectivity index is 3.20. The van der Waals surface area contributed by atoms with Crippen LogP contribution in [0.5, 0.6) is 5.75 Å². The van der Waals surface area contributed by atoms with E-state index in [-0.39, 0.29) is 37.5 Å². The predicted octanol–water partition coefficient (Wildman–Crippen LogP) is -2.12. The number of nitrogens with two attached hydrogens (primary N) is 3. The molecule has 6 atom stereocenters. The first kappa shape index (κ1) is 45.4. The highest BCUT2D eigenvalue weighted by molar-refractivity contribution is 7.98. The Kier molecular flexibility index (Phi) is 20.1. The van der Waals surface area contributed by atoms with Gasteiger partial charge in [0.15, 0.2) is 5.96 Å². The number of aliphatic hydroxyl groups excluding tert-OH is 1. The van der Waals surface area contributed by atoms with Gasteiger partial charge in [0, 0.05) is 13.0 Å². The highest BCUT2D eigenvalue weighted by Crippen LogP contribution is 2.13. The van der Waals surface area contributed by atoms with Crippen LogP contribution in [0, 0.1) is 11.8 Å². The van der Waals surface area contributed by atoms with Crippen molar-refractivity contribution in [1.29, 1.82) is 0 Å². The lowest BCUT2D eigenvalue weighted by Crippen LogP contribution is -2.61. The van der Waals surface area contributed by atoms with Gasteiger partial charge in [-0.2, -0.15) is 11.8 Å². The molecule has 0 heterocycles. The van der Waals surface area contributed by atoms with Crippen molar-refractivity contribution in [3.05, 3.63) is 29.8 Å². The fourth-order valence-corrected chi connectivity index (χ4v) is 5.27. The number of rotatable bonds is 23. The van der Waals surface area contributed by atoms with Crippen LogP contribution in [0.2, 0.25) is 0 Å². The van der Waals surface area contributed by atoms with Crippen LogP contribution in [-0.2, 0) is 35.2 Å². The maximum atomic E-state index is 13.8. The third kappa shape index (κ3) is 16.2. The second-order valence-corrected chi connectivity index (χ2v) is 13.9. The summed E-state index contributed by atoms with van der Waals surface area (Å²) >= 11 is 1.42. The van der Waals surface area contributed by atoms with E-state index in [0.29, 0.717) is 17.7 Å². The van der Waals surface area contributed by atoms with Crippen LogP contribution < -0.4 is 43.8 Å². The Bertz CT molecular complexity index is 1370. The van der Waals surface area contributed by atoms with Crippen molar-refractivity contribution >= 4 is 53.2 Å². The number of guanidine groups is 1. The van der Waals surface area contributed by atoms with Crippen molar-refractivity contribution in [2.45, 2.75) is 89.6 Å². The van der Waals surface area contributed by atoms with Gasteiger partial charge < -0.3 is 59.1 Å². The van der Waals surface area contributed by atoms with Gasteiger partial charge in [-0.15, -0.1) is 0 Å². The highest BCUT2D eigenvalue weighted by Gasteiger charge is 2.35. The Morgan fingerprint density at radius 2 is 1.25 bits per heavy atom. The topological polar surface area (TPSA) is 314 Å². The second kappa shape index (κ2) is 23.0. The molecular formula is C33H55N9O9S. The van der Waals surface area contributed by atoms with Gasteiger partial charge in [-0.3, -0.25) is 29.0 Å². The molecule has 5 amide bonds. The zero-order valence-corrected chi connectivity index (χ0v) is 31.1. The molecule has 0 unspecified atom stereocenters. The molecule has 0 aliphatic heterocycles. The van der Waals surface area contributed by atoms with Crippen LogP contribution in [0.4, 0.5) is 0 Å². The molecule has 0 spiro atoms. The molecule has 0 aliphatic rings. The number of aliphatic imine (C=N–C) groups is 1. The molecule has 1 aromatic carbocycles. The van der Waals surface area contributed by atoms with E-state index in [0.717, 1.165) is 0 Å². The van der Waals surface area contributed by atoms with Gasteiger partial charge in [0.2, 0.25) is 29.5 Å². The van der Waals surface area contributed by atoms with Gasteiger partial charge >= 0.3 is 5.97 Å². The van der Waals surface area contributed by atoms with Gasteiger partial charge in [0.1, 0.15) is 36.0 Å². The maximum absolute atomic E-state index is 13.8. The summed E-state index contributed by atoms with van der Waals surface area (Å²) < 4.78 is 0. The lowest BCUT2D eigenvalue weighted by atomic mass is 9.98. The fraction of sp³-hybridized carbons (Fsp3) is 0.606. The lowest BCUT2D eigenvalue weighted by Gasteiger charge is -2.29. The Hall–Kier alpha value is -4.62. The van der Waals surface area contributed by atoms with Gasteiger partial charge in [-0.05, 0) is 60.8 Å². The molecule has 292 valence electrons. The number of aliphatic hydroxyl groups is 1. The summed E-state index contributed by atoms with van der Waals surface area (Å²) in [5.74, 6) is -5.74. The molecule has 14 N–H and O–H groups in total. The predicted molar refractivity (Wildman–Crippen MR) is 197 cm³/mol. The summed E-state index contributed by atoms with van der Waals surface area (Å²) in [7, 11) is 0. The third-order valence-corrected chi connectivity index (χ3v) is 8.49. The molecular weight excluding hydrogens is 698 g/mol. The van der Waals surface area contributed by atoms with Crippen LogP contribution in [0.1, 0.15) is 52.5 Å². The molecule has 0 fully saturated rings. The van der Waals surface area contributed by atoms with Crippen LogP contribution in [0.25, 0.3) is 0 Å². The number of hydrogen-bond donors (Lipinski definition) is 11. The largest absolute Gasteiger partial charge is 0.508 e. The zero-order chi connectivity index (χ0) is 39.5. The molecule has 52 heavy (non-hydrogen) atoms. The number of carboxylic acid groups (broad SMARTS) is 1. The first-order valence-corrected chi connectivity index (χ1v) is 18.2. The maximum Gasteiger partial charge on any atom is 0.326 e. The normalized spacial score (nSPS) is 14.6. The molecule has 1 rings (SSSR count). The van der Waals surface area contributed by atoms with Crippen LogP contribution >= 0.6 is 11.8 Å². The molecule has 1 aromatic rings. The SMILES string of the molecule is CSCC[C@H](NC(=O)[C@@H](NC(=O)[C@@H](NC(=O)[C@H](Cc1ccc(O)cc1)NC(=O)[C@H](CO)NC(=O)[C@@H](N)CCCN=C(N)N)C(C)C)C(C)C)C(=O)O. The molecule has 0 aromatic heterocycles. The summed E-state index contributed by atoms with van der Waals surface area (Å²) in [6.45, 7) is 6.05. The standard InChI is InChI=1S/C33H55N9O9S/c1-17(2)25(30(48)38-22(32(50)51)12-14-52-5)42-31(49)26(18(3)4)41-28(46)23(15-19-8-10-20(44)11-9-19)39-29(47)24(16-43)40-27(45)21(34)7-6-13-37-33(35)36/h8-11,17-18,21-26,43-44H,6-7,12-16,34H2,1-5H3,(H,38,48)(H,39,47)(H,40,45)(H,41,46)(H,42,49)(H,50,51)(H4,35,36,37)/t21-,22-,23-,24-,25-,26-/m0/s1. The number of aromatic hydroxyl groups is 1. The first-order valence-electron chi connectivity index (χ1n) is 16.8. The number of aliphatic carboxylic acids is 1. The number of nitrogens with zero attached hydrogens (tertiary/aromatic N) is 1. The van der Waals surface area contributed by atoms with E-state index in [9.17, 15) is 44.1 Å². The molecule has 19 heteroatoms. The Labute approximate surface area is 307 Å². The number of nitrogens with one attached hydrogen (secondary N) is 5. The van der Waals surface area contributed by atoms with Crippen LogP contribution in [0.3, 0.4) is 0 Å². The molecule has 0 saturated carbocycles. The molecule has 0 saturated heterocycles. The number of phenolic OH excluding ortho intramolecular Hbond substituents is 1. The summed E-state index contributed by atoms with van der Waals surface area (Å²) in [4.78, 5) is 82.1. The van der Waals surface area contributed by atoms with Crippen molar-refractivity contribution in [1.82, 2.24) is 26.6 Å². The number of hydrogen-bond acceptors (Lipinski definition) is 11. The zero-order valence-electron chi connectivity index (χ0n) is 30.3. The van der Waals surface area contributed by atoms with Crippen LogP contribution in [-0.4, -0.2) is 118 Å². The fourth-order valence-electron chi connectivity index (χ4n) is 4.79. The van der Waals surface area contributed by atoms with E-state index in [1.165, 1.54) is 36.0 Å². The van der Waals surface area contributed by atoms with Crippen molar-refractivity contribution in [3.63, 3.8) is 0 Å². The number of amides is 5. The summed E-state index contributed by atoms with van der Waals surface area (Å²) in [5, 5.41) is 41.9. The number of benzene rings is 1. The summed E-state index contributed by atoms with van der Waals surface area (Å²) in [6.07, 6.45) is 2.40. The van der Waals surface area contributed by atoms with Gasteiger partial charge in [0.25, 0.3) is 0 Å². The monoisotopic (exact) mass is 753 g/mol. The third-order valence-electron chi connectivity index (χ3n) is 7.85. The van der Waals surface area contributed by atoms with Crippen molar-refractivity contribution in [3.8, 4) is 5.75 Å². The summed E-state index contributed by atoms with van der Waals surface area (Å²) in [5.41, 5.74) is 17.0. The molecule has 0 aliphatic carbocycles. The Morgan fingerprint density at radius 3 is 1.75 bits per heavy atom. The van der Waals surface area contributed by atoms with E-state index < -0.39 is 90.2 Å². The number of carbonyl (C=O) groups excluding carboxylic acids is 5. The minimum Gasteiger partial charge on any atom is -0.508 e. The number of phenols is 1. The second-order valence-electron chi connectivity index (χ2n) is 12.9. The van der Waals surface area contributed by atoms with Crippen molar-refractivity contribution in [2.24, 2.45) is 34.0 Å². The lowest BCUT2D eigenvalue weighted by molar-refractivity contribution is -0.142. The van der Waals surface area contributed by atoms with Crippen molar-refractivity contribution in [2.75, 3.05) is 25.2 Å². The number of carboxylic acids is 1. The van der Waals surface area contributed by atoms with Crippen molar-refractivity contribution < 1.29 is 44.1 Å². The van der Waals surface area contributed by atoms with E-state index in [4.69, 9.17) is 17.2 Å². The minimum atomic E-state index is -1.49. The number of thioether (sulfide) groups is 1. The average molecular weight is 754 g/mol. The van der Waals surface area contributed by atoms with E-state index in [1.54, 1.807) is 34.0 Å². The quantitative estimate of drug-likeness (QED) is 0.0324. The number of carbonyl (C=O) groups is 6. The van der Waals surface area contributed by atoms with Gasteiger partial charge in [-0.25, -0.2) is 4.79 Å². The van der Waals surface area contributed by atoms with Gasteiger partial charge in [-0.1, -0.05) is 39.8 Å². The minimum absolute atomic E-state index is 0.0364. The van der Waals surface area contributed by atoms with Gasteiger partial charge in [0.05, 0.1) is 12.6 Å². The molecule has 0 radical (unpaired) electrons. The first-order chi connectivity index (χ1) is 24.4. The van der Waals surface area contributed by atoms with E-state index in [2.05, 4.69) is 31.6 Å².